The molecular formula is C32H59NO7. The highest BCUT2D eigenvalue weighted by molar-refractivity contribution is 5.84. The first-order valence-corrected chi connectivity index (χ1v) is 16.2. The zero-order valence-corrected chi connectivity index (χ0v) is 25.4. The summed E-state index contributed by atoms with van der Waals surface area (Å²) in [6, 6.07) is 0. The van der Waals surface area contributed by atoms with Gasteiger partial charge in [-0.25, -0.2) is 0 Å². The van der Waals surface area contributed by atoms with Crippen LogP contribution in [-0.2, 0) is 23.9 Å². The molecule has 8 heteroatoms. The highest BCUT2D eigenvalue weighted by Gasteiger charge is 2.22. The van der Waals surface area contributed by atoms with Crippen LogP contribution in [0.2, 0.25) is 0 Å². The maximum atomic E-state index is 12.3. The lowest BCUT2D eigenvalue weighted by molar-refractivity contribution is -0.144. The van der Waals surface area contributed by atoms with E-state index < -0.39 is 17.9 Å². The lowest BCUT2D eigenvalue weighted by Crippen LogP contribution is -2.27. The average molecular weight is 570 g/mol. The summed E-state index contributed by atoms with van der Waals surface area (Å²) in [5.74, 6) is -2.67. The lowest BCUT2D eigenvalue weighted by Gasteiger charge is -2.12. The maximum Gasteiger partial charge on any atom is 0.306 e. The van der Waals surface area contributed by atoms with Gasteiger partial charge in [0.2, 0.25) is 5.91 Å². The number of carbonyl (C=O) groups is 4. The van der Waals surface area contributed by atoms with Gasteiger partial charge in [0.05, 0.1) is 5.92 Å². The number of amides is 1. The Morgan fingerprint density at radius 3 is 1.55 bits per heavy atom. The largest absolute Gasteiger partial charge is 0.481 e. The van der Waals surface area contributed by atoms with Crippen LogP contribution in [0.15, 0.2) is 0 Å². The van der Waals surface area contributed by atoms with E-state index in [9.17, 15) is 24.3 Å². The third-order valence-corrected chi connectivity index (χ3v) is 7.28. The molecule has 0 aromatic heterocycles. The van der Waals surface area contributed by atoms with Gasteiger partial charge in [0.15, 0.2) is 0 Å². The Bertz CT molecular complexity index is 653. The Kier molecular flexibility index (Phi) is 27.2. The quantitative estimate of drug-likeness (QED) is 0.0738. The summed E-state index contributed by atoms with van der Waals surface area (Å²) >= 11 is 0. The summed E-state index contributed by atoms with van der Waals surface area (Å²) in [7, 11) is 0. The minimum absolute atomic E-state index is 0.0142. The molecule has 0 fully saturated rings. The maximum absolute atomic E-state index is 12.3. The van der Waals surface area contributed by atoms with Gasteiger partial charge in [-0.2, -0.15) is 0 Å². The van der Waals surface area contributed by atoms with Crippen LogP contribution in [-0.4, -0.2) is 53.6 Å². The molecule has 3 N–H and O–H groups in total. The molecule has 0 aliphatic heterocycles. The van der Waals surface area contributed by atoms with Gasteiger partial charge in [-0.05, 0) is 32.1 Å². The number of ketones is 1. The van der Waals surface area contributed by atoms with Crippen LogP contribution in [0.4, 0.5) is 0 Å². The van der Waals surface area contributed by atoms with E-state index in [2.05, 4.69) is 5.32 Å². The molecule has 0 saturated carbocycles. The summed E-state index contributed by atoms with van der Waals surface area (Å²) in [5, 5.41) is 20.9. The number of aliphatic carboxylic acids is 2. The topological polar surface area (TPSA) is 130 Å². The first-order chi connectivity index (χ1) is 19.4. The van der Waals surface area contributed by atoms with Gasteiger partial charge in [-0.15, -0.1) is 0 Å². The van der Waals surface area contributed by atoms with Gasteiger partial charge in [0.1, 0.15) is 5.78 Å². The molecule has 0 aliphatic carbocycles. The second kappa shape index (κ2) is 28.6. The first kappa shape index (κ1) is 38.0. The van der Waals surface area contributed by atoms with Crippen LogP contribution in [0, 0.1) is 5.92 Å². The average Bonchev–Trinajstić information content (AvgIpc) is 2.91. The lowest BCUT2D eigenvalue weighted by atomic mass is 9.94. The molecule has 1 amide bonds. The molecule has 0 radical (unpaired) electrons. The van der Waals surface area contributed by atoms with Crippen molar-refractivity contribution in [1.82, 2.24) is 5.32 Å². The van der Waals surface area contributed by atoms with Crippen LogP contribution in [0.1, 0.15) is 155 Å². The van der Waals surface area contributed by atoms with Crippen molar-refractivity contribution >= 4 is 23.6 Å². The van der Waals surface area contributed by atoms with E-state index in [-0.39, 0.29) is 31.0 Å². The number of carboxylic acids is 2. The van der Waals surface area contributed by atoms with Crippen LogP contribution in [0.25, 0.3) is 0 Å². The number of unbranched alkanes of at least 4 members (excludes halogenated alkanes) is 15. The van der Waals surface area contributed by atoms with Crippen molar-refractivity contribution in [3.63, 3.8) is 0 Å². The van der Waals surface area contributed by atoms with Gasteiger partial charge in [-0.1, -0.05) is 96.8 Å². The van der Waals surface area contributed by atoms with E-state index in [1.165, 1.54) is 64.2 Å². The monoisotopic (exact) mass is 569 g/mol. The van der Waals surface area contributed by atoms with Crippen molar-refractivity contribution in [2.45, 2.75) is 155 Å². The number of nitrogens with one attached hydrogen (secondary N) is 1. The molecule has 0 aromatic carbocycles. The molecular weight excluding hydrogens is 510 g/mol. The van der Waals surface area contributed by atoms with Gasteiger partial charge < -0.3 is 20.3 Å². The first-order valence-electron chi connectivity index (χ1n) is 16.2. The van der Waals surface area contributed by atoms with Crippen LogP contribution in [0.3, 0.4) is 0 Å². The van der Waals surface area contributed by atoms with Crippen molar-refractivity contribution in [2.24, 2.45) is 5.92 Å². The molecule has 8 nitrogen and oxygen atoms in total. The number of carbonyl (C=O) groups excluding carboxylic acids is 2. The zero-order valence-electron chi connectivity index (χ0n) is 25.4. The molecule has 234 valence electrons. The van der Waals surface area contributed by atoms with Crippen molar-refractivity contribution in [3.8, 4) is 0 Å². The number of hydrogen-bond acceptors (Lipinski definition) is 5. The summed E-state index contributed by atoms with van der Waals surface area (Å²) in [6.45, 7) is 3.87. The zero-order chi connectivity index (χ0) is 29.7. The summed E-state index contributed by atoms with van der Waals surface area (Å²) in [4.78, 5) is 46.3. The summed E-state index contributed by atoms with van der Waals surface area (Å²) < 4.78 is 5.36. The molecule has 0 saturated heterocycles. The Hall–Kier alpha value is -1.96. The Labute approximate surface area is 243 Å². The second-order valence-corrected chi connectivity index (χ2v) is 11.2. The highest BCUT2D eigenvalue weighted by atomic mass is 16.5. The number of Topliss-reactive ketones (excluding diaryl/α,β-unsaturated/α-hetero) is 1. The van der Waals surface area contributed by atoms with Gasteiger partial charge >= 0.3 is 11.9 Å². The number of hydrogen-bond donors (Lipinski definition) is 3. The fourth-order valence-corrected chi connectivity index (χ4v) is 4.81. The van der Waals surface area contributed by atoms with E-state index in [1.807, 2.05) is 6.92 Å². The molecule has 0 aromatic rings. The van der Waals surface area contributed by atoms with E-state index in [0.29, 0.717) is 32.6 Å². The molecule has 0 rings (SSSR count). The smallest absolute Gasteiger partial charge is 0.306 e. The van der Waals surface area contributed by atoms with Gasteiger partial charge in [-0.3, -0.25) is 19.2 Å². The molecule has 0 aliphatic rings. The summed E-state index contributed by atoms with van der Waals surface area (Å²) in [5.41, 5.74) is 0. The fraction of sp³-hybridized carbons (Fsp3) is 0.875. The molecule has 0 spiro atoms. The van der Waals surface area contributed by atoms with E-state index in [1.54, 1.807) is 0 Å². The van der Waals surface area contributed by atoms with Crippen molar-refractivity contribution in [1.29, 1.82) is 0 Å². The molecule has 0 unspecified atom stereocenters. The van der Waals surface area contributed by atoms with Crippen molar-refractivity contribution < 1.29 is 34.1 Å². The van der Waals surface area contributed by atoms with Gasteiger partial charge in [0, 0.05) is 45.4 Å². The third-order valence-electron chi connectivity index (χ3n) is 7.28. The SMILES string of the molecule is CCCOCCCNC(=O)CC[C@H](CC(=O)CCCCCCCCCCCCCCCCCCC(=O)O)C(=O)O. The predicted octanol–water partition coefficient (Wildman–Crippen LogP) is 7.47. The minimum atomic E-state index is -1.00. The second-order valence-electron chi connectivity index (χ2n) is 11.2. The molecule has 0 bridgehead atoms. The minimum Gasteiger partial charge on any atom is -0.481 e. The van der Waals surface area contributed by atoms with Crippen LogP contribution >= 0.6 is 0 Å². The van der Waals surface area contributed by atoms with Crippen LogP contribution in [0.5, 0.6) is 0 Å². The van der Waals surface area contributed by atoms with Gasteiger partial charge in [0.25, 0.3) is 0 Å². The van der Waals surface area contributed by atoms with Crippen molar-refractivity contribution in [2.75, 3.05) is 19.8 Å². The Balaban J connectivity index is 3.58. The predicted molar refractivity (Wildman–Crippen MR) is 159 cm³/mol. The third kappa shape index (κ3) is 27.6. The standard InChI is InChI=1S/C32H59NO7/c1-2-25-40-26-19-24-33-30(35)23-22-28(32(38)39)27-29(34)20-17-15-13-11-9-7-5-3-4-6-8-10-12-14-16-18-21-31(36)37/h28H,2-27H2,1H3,(H,33,35)(H,36,37)(H,38,39)/t28-/m1/s1. The van der Waals surface area contributed by atoms with E-state index in [4.69, 9.17) is 9.84 Å². The molecule has 0 heterocycles. The fourth-order valence-electron chi connectivity index (χ4n) is 4.81. The molecule has 1 atom stereocenters. The summed E-state index contributed by atoms with van der Waals surface area (Å²) in [6.07, 6.45) is 21.3. The number of ether oxygens (including phenoxy) is 1. The van der Waals surface area contributed by atoms with E-state index in [0.717, 1.165) is 51.4 Å². The normalized spacial score (nSPS) is 11.8. The number of rotatable bonds is 31. The highest BCUT2D eigenvalue weighted by Crippen LogP contribution is 2.17. The molecule has 40 heavy (non-hydrogen) atoms. The van der Waals surface area contributed by atoms with Crippen LogP contribution < -0.4 is 5.32 Å². The number of carboxylic acid groups (broad SMARTS) is 2. The van der Waals surface area contributed by atoms with Crippen molar-refractivity contribution in [3.05, 3.63) is 0 Å². The Morgan fingerprint density at radius 1 is 0.625 bits per heavy atom. The van der Waals surface area contributed by atoms with E-state index >= 15 is 0 Å². The Morgan fingerprint density at radius 2 is 1.10 bits per heavy atom.